The summed E-state index contributed by atoms with van der Waals surface area (Å²) < 4.78 is 5.93. The first-order valence-electron chi connectivity index (χ1n) is 10.0. The number of benzene rings is 1. The van der Waals surface area contributed by atoms with Gasteiger partial charge in [-0.25, -0.2) is 0 Å². The smallest absolute Gasteiger partial charge is 0.123 e. The summed E-state index contributed by atoms with van der Waals surface area (Å²) in [6.07, 6.45) is 5.55. The Labute approximate surface area is 159 Å². The Kier molecular flexibility index (Phi) is 9.45. The van der Waals surface area contributed by atoms with Gasteiger partial charge in [-0.15, -0.1) is 0 Å². The Morgan fingerprint density at radius 1 is 1.08 bits per heavy atom. The van der Waals surface area contributed by atoms with E-state index in [0.29, 0.717) is 24.5 Å². The molecule has 4 nitrogen and oxygen atoms in total. The van der Waals surface area contributed by atoms with E-state index < -0.39 is 5.54 Å². The Bertz CT molecular complexity index is 530. The van der Waals surface area contributed by atoms with E-state index in [1.165, 1.54) is 6.42 Å². The van der Waals surface area contributed by atoms with E-state index in [4.69, 9.17) is 10.5 Å². The lowest BCUT2D eigenvalue weighted by Gasteiger charge is -2.29. The van der Waals surface area contributed by atoms with Crippen molar-refractivity contribution >= 4 is 0 Å². The van der Waals surface area contributed by atoms with Gasteiger partial charge < -0.3 is 20.7 Å². The van der Waals surface area contributed by atoms with E-state index in [2.05, 4.69) is 34.6 Å². The van der Waals surface area contributed by atoms with E-state index in [1.54, 1.807) is 6.07 Å². The van der Waals surface area contributed by atoms with Crippen LogP contribution in [-0.4, -0.2) is 28.5 Å². The molecule has 0 bridgehead atoms. The molecule has 4 N–H and O–H groups in total. The zero-order chi connectivity index (χ0) is 19.7. The van der Waals surface area contributed by atoms with E-state index in [0.717, 1.165) is 30.7 Å². The first-order valence-corrected chi connectivity index (χ1v) is 10.0. The van der Waals surface area contributed by atoms with E-state index >= 15 is 0 Å². The molecule has 0 saturated heterocycles. The molecule has 0 aliphatic carbocycles. The molecule has 0 radical (unpaired) electrons. The predicted molar refractivity (Wildman–Crippen MR) is 109 cm³/mol. The fourth-order valence-corrected chi connectivity index (χ4v) is 3.38. The number of aliphatic hydroxyl groups excluding tert-OH is 1. The van der Waals surface area contributed by atoms with Crippen LogP contribution in [0.4, 0.5) is 0 Å². The second-order valence-electron chi connectivity index (χ2n) is 8.66. The topological polar surface area (TPSA) is 75.7 Å². The molecule has 0 aliphatic rings. The van der Waals surface area contributed by atoms with Crippen molar-refractivity contribution in [3.05, 3.63) is 23.8 Å². The van der Waals surface area contributed by atoms with Crippen molar-refractivity contribution in [3.8, 4) is 11.5 Å². The van der Waals surface area contributed by atoms with Crippen molar-refractivity contribution in [1.82, 2.24) is 0 Å². The number of phenolic OH excluding ortho intramolecular Hbond substituents is 1. The van der Waals surface area contributed by atoms with Crippen molar-refractivity contribution in [2.75, 3.05) is 6.61 Å². The van der Waals surface area contributed by atoms with Gasteiger partial charge >= 0.3 is 0 Å². The highest BCUT2D eigenvalue weighted by molar-refractivity contribution is 5.40. The molecule has 1 aromatic carbocycles. The highest BCUT2D eigenvalue weighted by atomic mass is 16.5. The molecule has 0 saturated carbocycles. The van der Waals surface area contributed by atoms with Gasteiger partial charge in [0.2, 0.25) is 0 Å². The van der Waals surface area contributed by atoms with Crippen LogP contribution in [0.1, 0.15) is 72.3 Å². The summed E-state index contributed by atoms with van der Waals surface area (Å²) >= 11 is 0. The Morgan fingerprint density at radius 3 is 2.31 bits per heavy atom. The number of nitrogens with two attached hydrogens (primary N) is 1. The molecule has 0 heterocycles. The summed E-state index contributed by atoms with van der Waals surface area (Å²) in [6, 6.07) is 5.50. The van der Waals surface area contributed by atoms with Gasteiger partial charge in [0, 0.05) is 11.6 Å². The second kappa shape index (κ2) is 10.8. The normalized spacial score (nSPS) is 15.3. The molecule has 150 valence electrons. The summed E-state index contributed by atoms with van der Waals surface area (Å²) in [5.74, 6) is 2.08. The Morgan fingerprint density at radius 2 is 1.77 bits per heavy atom. The van der Waals surface area contributed by atoms with Crippen LogP contribution >= 0.6 is 0 Å². The summed E-state index contributed by atoms with van der Waals surface area (Å²) in [5, 5.41) is 19.9. The molecule has 0 amide bonds. The first kappa shape index (κ1) is 22.8. The molecule has 4 heteroatoms. The summed E-state index contributed by atoms with van der Waals surface area (Å²) in [5.41, 5.74) is 6.55. The minimum Gasteiger partial charge on any atom is -0.508 e. The average Bonchev–Trinajstić information content (AvgIpc) is 2.53. The number of phenols is 1. The van der Waals surface area contributed by atoms with Crippen LogP contribution < -0.4 is 10.5 Å². The maximum Gasteiger partial charge on any atom is 0.123 e. The van der Waals surface area contributed by atoms with Crippen LogP contribution in [0.3, 0.4) is 0 Å². The minimum absolute atomic E-state index is 0.0406. The summed E-state index contributed by atoms with van der Waals surface area (Å²) in [6.45, 7) is 10.7. The lowest BCUT2D eigenvalue weighted by Crippen LogP contribution is -2.45. The standard InChI is InChI=1S/C22H39NO3/c1-16(2)7-6-8-18(5)26-20-10-9-19(21(25)13-20)11-12-22(23,15-24)14-17(3)4/h9-10,13,16-18,24-25H,6-8,11-12,14-15,23H2,1-5H3/t18?,22-/m0/s1. The van der Waals surface area contributed by atoms with Crippen LogP contribution in [0.25, 0.3) is 0 Å². The monoisotopic (exact) mass is 365 g/mol. The second-order valence-corrected chi connectivity index (χ2v) is 8.66. The minimum atomic E-state index is -0.597. The lowest BCUT2D eigenvalue weighted by atomic mass is 9.85. The van der Waals surface area contributed by atoms with E-state index in [-0.39, 0.29) is 18.5 Å². The first-order chi connectivity index (χ1) is 12.1. The third kappa shape index (κ3) is 8.41. The number of hydrogen-bond acceptors (Lipinski definition) is 4. The van der Waals surface area contributed by atoms with Crippen LogP contribution in [0.5, 0.6) is 11.5 Å². The van der Waals surface area contributed by atoms with Gasteiger partial charge in [0.25, 0.3) is 0 Å². The van der Waals surface area contributed by atoms with Gasteiger partial charge in [-0.05, 0) is 62.5 Å². The highest BCUT2D eigenvalue weighted by Gasteiger charge is 2.25. The third-order valence-corrected chi connectivity index (χ3v) is 4.81. The van der Waals surface area contributed by atoms with Crippen LogP contribution in [-0.2, 0) is 6.42 Å². The zero-order valence-electron chi connectivity index (χ0n) is 17.3. The van der Waals surface area contributed by atoms with Crippen LogP contribution in [0, 0.1) is 11.8 Å². The van der Waals surface area contributed by atoms with Crippen molar-refractivity contribution in [1.29, 1.82) is 0 Å². The molecule has 1 unspecified atom stereocenters. The molecule has 0 spiro atoms. The molecule has 1 rings (SSSR count). The Hall–Kier alpha value is -1.26. The molecule has 26 heavy (non-hydrogen) atoms. The third-order valence-electron chi connectivity index (χ3n) is 4.81. The fourth-order valence-electron chi connectivity index (χ4n) is 3.38. The van der Waals surface area contributed by atoms with Crippen molar-refractivity contribution in [3.63, 3.8) is 0 Å². The van der Waals surface area contributed by atoms with Crippen molar-refractivity contribution in [2.24, 2.45) is 17.6 Å². The van der Waals surface area contributed by atoms with Crippen molar-refractivity contribution < 1.29 is 14.9 Å². The fraction of sp³-hybridized carbons (Fsp3) is 0.727. The van der Waals surface area contributed by atoms with Gasteiger partial charge in [-0.3, -0.25) is 0 Å². The molecule has 0 aromatic heterocycles. The number of hydrogen-bond donors (Lipinski definition) is 3. The number of aryl methyl sites for hydroxylation is 1. The van der Waals surface area contributed by atoms with Gasteiger partial charge in [0.15, 0.2) is 0 Å². The molecule has 2 atom stereocenters. The highest BCUT2D eigenvalue weighted by Crippen LogP contribution is 2.28. The molecule has 0 fully saturated rings. The quantitative estimate of drug-likeness (QED) is 0.504. The van der Waals surface area contributed by atoms with Crippen LogP contribution in [0.2, 0.25) is 0 Å². The van der Waals surface area contributed by atoms with Crippen molar-refractivity contribution in [2.45, 2.75) is 84.8 Å². The summed E-state index contributed by atoms with van der Waals surface area (Å²) in [4.78, 5) is 0. The lowest BCUT2D eigenvalue weighted by molar-refractivity contribution is 0.165. The maximum atomic E-state index is 10.3. The molecule has 0 aliphatic heterocycles. The van der Waals surface area contributed by atoms with Gasteiger partial charge in [0.1, 0.15) is 11.5 Å². The van der Waals surface area contributed by atoms with E-state index in [1.807, 2.05) is 12.1 Å². The van der Waals surface area contributed by atoms with E-state index in [9.17, 15) is 10.2 Å². The SMILES string of the molecule is CC(C)CCCC(C)Oc1ccc(CC[C@@](N)(CO)CC(C)C)c(O)c1. The number of rotatable bonds is 12. The van der Waals surface area contributed by atoms with Crippen LogP contribution in [0.15, 0.2) is 18.2 Å². The number of aliphatic hydroxyl groups is 1. The van der Waals surface area contributed by atoms with Gasteiger partial charge in [-0.2, -0.15) is 0 Å². The average molecular weight is 366 g/mol. The summed E-state index contributed by atoms with van der Waals surface area (Å²) in [7, 11) is 0. The molecule has 1 aromatic rings. The van der Waals surface area contributed by atoms with Gasteiger partial charge in [0.05, 0.1) is 12.7 Å². The van der Waals surface area contributed by atoms with Gasteiger partial charge in [-0.1, -0.05) is 40.2 Å². The predicted octanol–water partition coefficient (Wildman–Crippen LogP) is 4.65. The molecular formula is C22H39NO3. The largest absolute Gasteiger partial charge is 0.508 e. The molecular weight excluding hydrogens is 326 g/mol. The maximum absolute atomic E-state index is 10.3. The Balaban J connectivity index is 2.58. The number of aromatic hydroxyl groups is 1. The zero-order valence-corrected chi connectivity index (χ0v) is 17.3. The number of ether oxygens (including phenoxy) is 1.